The topological polar surface area (TPSA) is 237 Å². The lowest BCUT2D eigenvalue weighted by atomic mass is 9.78. The van der Waals surface area contributed by atoms with Gasteiger partial charge in [-0.15, -0.1) is 0 Å². The molecular weight excluding hydrogens is 981 g/mol. The number of carbonyl (C=O) groups excluding carboxylic acids is 5. The average molecular weight is 1070 g/mol. The molecule has 1 aromatic carbocycles. The second-order valence-electron chi connectivity index (χ2n) is 21.9. The number of carbonyl (C=O) groups is 5. The van der Waals surface area contributed by atoms with Crippen LogP contribution in [0.1, 0.15) is 132 Å². The number of piperidine rings is 1. The molecule has 0 spiro atoms. The molecule has 0 aromatic heterocycles. The van der Waals surface area contributed by atoms with E-state index in [9.17, 15) is 44.3 Å². The SMILES string of the molecule is CO[C@H]1C[C@@H]2CC[C@@H](C)[C@@](O)(O2)C(=O)C(=O)N2CCCC[C@H]2C(=O)O[C@H]([C@H](C)C[C@@H]2CC[C@@H](OC(=O)Oc3ccc([N+](=O)[O-])cc3)[C@H](OC)C2)CC[C@H](C)/C=C(\C)[C@@H](O)[C@@H](OC)C(=O)[C@H](C)C[C@H](C)/C=C/C=CC=C1C. The van der Waals surface area contributed by atoms with Gasteiger partial charge in [0, 0.05) is 58.3 Å². The van der Waals surface area contributed by atoms with Crippen molar-refractivity contribution in [1.82, 2.24) is 4.90 Å². The van der Waals surface area contributed by atoms with E-state index in [-0.39, 0.29) is 53.9 Å². The molecule has 2 bridgehead atoms. The van der Waals surface area contributed by atoms with E-state index in [1.165, 1.54) is 43.4 Å². The molecule has 422 valence electrons. The van der Waals surface area contributed by atoms with Crippen LogP contribution >= 0.6 is 0 Å². The number of nitro benzene ring substituents is 1. The molecule has 18 heteroatoms. The molecule has 2 saturated heterocycles. The van der Waals surface area contributed by atoms with Gasteiger partial charge in [0.15, 0.2) is 5.78 Å². The highest BCUT2D eigenvalue weighted by atomic mass is 16.7. The summed E-state index contributed by atoms with van der Waals surface area (Å²) >= 11 is 0. The fraction of sp³-hybridized carbons (Fsp3) is 0.672. The van der Waals surface area contributed by atoms with E-state index in [1.807, 2.05) is 71.1 Å². The Morgan fingerprint density at radius 3 is 2.24 bits per heavy atom. The maximum atomic E-state index is 14.6. The third kappa shape index (κ3) is 16.7. The number of nitro groups is 1. The fourth-order valence-corrected chi connectivity index (χ4v) is 11.3. The Labute approximate surface area is 448 Å². The molecule has 1 amide bonds. The third-order valence-electron chi connectivity index (χ3n) is 16.0. The second-order valence-corrected chi connectivity index (χ2v) is 21.9. The largest absolute Gasteiger partial charge is 0.514 e. The molecule has 0 unspecified atom stereocenters. The summed E-state index contributed by atoms with van der Waals surface area (Å²) in [5, 5.41) is 34.7. The van der Waals surface area contributed by atoms with Gasteiger partial charge >= 0.3 is 12.1 Å². The molecule has 1 aliphatic carbocycles. The maximum Gasteiger partial charge on any atom is 0.514 e. The standard InChI is InChI=1S/C58H84N2O16/c1-35-16-12-11-13-17-37(3)49(70-8)34-45-24-20-41(7)58(67,76-45)54(63)55(64)59-29-15-14-18-46(59)56(65)74-47(27-19-36(2)31-40(6)52(62)53(72-10)51(61)39(5)30-35)38(4)32-42-21-28-48(50(33-42)71-9)75-57(66)73-44-25-22-43(23-26-44)60(68)69/h11-13,16-17,22-23,25-26,31,35-36,38-39,41-42,45-50,52-53,62,67H,14-15,18-21,24,27-30,32-34H2,1-10H3/b13-11?,16-12+,37-17?,40-31+/t35-,36+,38-,39-,41-,42+,45+,46+,47+,48-,49+,50-,52-,53+,58-/m1/s1. The first-order valence-electron chi connectivity index (χ1n) is 27.2. The molecule has 3 heterocycles. The van der Waals surface area contributed by atoms with E-state index in [0.717, 1.165) is 5.57 Å². The lowest BCUT2D eigenvalue weighted by molar-refractivity contribution is -0.384. The number of allylic oxidation sites excluding steroid dienone is 6. The number of benzene rings is 1. The third-order valence-corrected chi connectivity index (χ3v) is 16.0. The Morgan fingerprint density at radius 1 is 0.842 bits per heavy atom. The number of amides is 1. The van der Waals surface area contributed by atoms with Crippen molar-refractivity contribution in [2.75, 3.05) is 27.9 Å². The van der Waals surface area contributed by atoms with Crippen LogP contribution in [0.15, 0.2) is 71.9 Å². The molecule has 1 saturated carbocycles. The number of hydrogen-bond donors (Lipinski definition) is 2. The summed E-state index contributed by atoms with van der Waals surface area (Å²) in [6.45, 7) is 13.3. The van der Waals surface area contributed by atoms with E-state index in [2.05, 4.69) is 0 Å². The van der Waals surface area contributed by atoms with Crippen LogP contribution in [0.2, 0.25) is 0 Å². The maximum absolute atomic E-state index is 14.6. The number of aliphatic hydroxyl groups is 2. The van der Waals surface area contributed by atoms with Crippen molar-refractivity contribution in [3.8, 4) is 5.75 Å². The van der Waals surface area contributed by atoms with Gasteiger partial charge in [-0.3, -0.25) is 24.5 Å². The number of Topliss-reactive ketones (excluding diaryl/α,β-unsaturated/α-hetero) is 2. The number of fused-ring (bicyclic) bond motifs is 3. The minimum Gasteiger partial charge on any atom is -0.461 e. The van der Waals surface area contributed by atoms with Crippen molar-refractivity contribution >= 4 is 35.3 Å². The first-order valence-corrected chi connectivity index (χ1v) is 27.2. The van der Waals surface area contributed by atoms with E-state index in [1.54, 1.807) is 21.0 Å². The summed E-state index contributed by atoms with van der Waals surface area (Å²) in [4.78, 5) is 81.7. The minimum atomic E-state index is -2.43. The monoisotopic (exact) mass is 1060 g/mol. The highest BCUT2D eigenvalue weighted by molar-refractivity contribution is 6.39. The normalized spacial score (nSPS) is 34.9. The number of cyclic esters (lactones) is 1. The van der Waals surface area contributed by atoms with Crippen LogP contribution in [0.4, 0.5) is 10.5 Å². The Balaban J connectivity index is 1.39. The molecular formula is C58H84N2O16. The highest BCUT2D eigenvalue weighted by Crippen LogP contribution is 2.38. The van der Waals surface area contributed by atoms with E-state index in [0.29, 0.717) is 82.6 Å². The number of hydrogen-bond acceptors (Lipinski definition) is 16. The lowest BCUT2D eigenvalue weighted by Gasteiger charge is -2.42. The first-order chi connectivity index (χ1) is 36.1. The lowest BCUT2D eigenvalue weighted by Crippen LogP contribution is -2.61. The van der Waals surface area contributed by atoms with Gasteiger partial charge in [0.2, 0.25) is 5.79 Å². The van der Waals surface area contributed by atoms with Gasteiger partial charge in [0.25, 0.3) is 17.4 Å². The summed E-state index contributed by atoms with van der Waals surface area (Å²) in [7, 11) is 4.53. The van der Waals surface area contributed by atoms with Crippen LogP contribution in [0.3, 0.4) is 0 Å². The van der Waals surface area contributed by atoms with E-state index < -0.39 is 95.1 Å². The highest BCUT2D eigenvalue weighted by Gasteiger charge is 2.53. The smallest absolute Gasteiger partial charge is 0.461 e. The number of ether oxygens (including phenoxy) is 7. The van der Waals surface area contributed by atoms with E-state index >= 15 is 0 Å². The molecule has 76 heavy (non-hydrogen) atoms. The van der Waals surface area contributed by atoms with Gasteiger partial charge in [-0.05, 0) is 138 Å². The van der Waals surface area contributed by atoms with Gasteiger partial charge in [-0.25, -0.2) is 9.59 Å². The van der Waals surface area contributed by atoms with Crippen LogP contribution in [0.5, 0.6) is 5.75 Å². The van der Waals surface area contributed by atoms with Crippen LogP contribution in [-0.4, -0.2) is 132 Å². The van der Waals surface area contributed by atoms with Gasteiger partial charge in [-0.2, -0.15) is 0 Å². The van der Waals surface area contributed by atoms with Crippen LogP contribution < -0.4 is 4.74 Å². The Morgan fingerprint density at radius 2 is 1.57 bits per heavy atom. The zero-order valence-electron chi connectivity index (χ0n) is 46.3. The van der Waals surface area contributed by atoms with E-state index in [4.69, 9.17) is 33.2 Å². The number of esters is 1. The average Bonchev–Trinajstić information content (AvgIpc) is 3.39. The first kappa shape index (κ1) is 61.7. The Hall–Kier alpha value is -5.11. The van der Waals surface area contributed by atoms with Crippen LogP contribution in [-0.2, 0) is 47.6 Å². The summed E-state index contributed by atoms with van der Waals surface area (Å²) in [6.07, 6.45) is 11.7. The van der Waals surface area contributed by atoms with Crippen molar-refractivity contribution in [3.63, 3.8) is 0 Å². The van der Waals surface area contributed by atoms with Crippen molar-refractivity contribution in [1.29, 1.82) is 0 Å². The number of non-ortho nitro benzene ring substituents is 1. The van der Waals surface area contributed by atoms with Crippen molar-refractivity contribution in [3.05, 3.63) is 82.0 Å². The predicted molar refractivity (Wildman–Crippen MR) is 283 cm³/mol. The van der Waals surface area contributed by atoms with Gasteiger partial charge in [-0.1, -0.05) is 71.1 Å². The molecule has 4 aliphatic rings. The summed E-state index contributed by atoms with van der Waals surface area (Å²) < 4.78 is 41.0. The second kappa shape index (κ2) is 29.0. The number of rotatable bonds is 9. The Kier molecular flexibility index (Phi) is 23.6. The molecule has 3 aliphatic heterocycles. The van der Waals surface area contributed by atoms with Gasteiger partial charge in [0.1, 0.15) is 36.2 Å². The van der Waals surface area contributed by atoms with Crippen molar-refractivity contribution in [2.45, 2.75) is 186 Å². The molecule has 2 N–H and O–H groups in total. The molecule has 15 atom stereocenters. The summed E-state index contributed by atoms with van der Waals surface area (Å²) in [5.41, 5.74) is 1.29. The number of ketones is 2. The minimum absolute atomic E-state index is 0.0335. The summed E-state index contributed by atoms with van der Waals surface area (Å²) in [5.74, 6) is -6.74. The molecule has 18 nitrogen and oxygen atoms in total. The summed E-state index contributed by atoms with van der Waals surface area (Å²) in [6, 6.07) is 3.98. The van der Waals surface area contributed by atoms with Crippen LogP contribution in [0.25, 0.3) is 0 Å². The van der Waals surface area contributed by atoms with Crippen LogP contribution in [0, 0.1) is 45.6 Å². The Bertz CT molecular complexity index is 2260. The molecule has 3 fully saturated rings. The molecule has 5 rings (SSSR count). The zero-order valence-corrected chi connectivity index (χ0v) is 46.3. The van der Waals surface area contributed by atoms with Gasteiger partial charge < -0.3 is 48.3 Å². The quantitative estimate of drug-likeness (QED) is 0.0585. The number of methoxy groups -OCH3 is 3. The molecule has 1 aromatic rings. The fourth-order valence-electron chi connectivity index (χ4n) is 11.3. The molecule has 0 radical (unpaired) electrons. The number of nitrogens with zero attached hydrogens (tertiary/aromatic N) is 2. The van der Waals surface area contributed by atoms with Crippen molar-refractivity contribution < 1.29 is 72.3 Å². The number of aliphatic hydroxyl groups excluding tert-OH is 1. The van der Waals surface area contributed by atoms with Crippen molar-refractivity contribution in [2.24, 2.45) is 35.5 Å². The zero-order chi connectivity index (χ0) is 55.9. The predicted octanol–water partition coefficient (Wildman–Crippen LogP) is 9.13. The van der Waals surface area contributed by atoms with Gasteiger partial charge in [0.05, 0.1) is 23.2 Å².